The normalized spacial score (nSPS) is 26.2. The van der Waals surface area contributed by atoms with Gasteiger partial charge in [0.1, 0.15) is 24.5 Å². The third kappa shape index (κ3) is 5.29. The average Bonchev–Trinajstić information content (AvgIpc) is 3.43. The number of carbonyl (C=O) groups excluding carboxylic acids is 1. The Balaban J connectivity index is 1.54. The van der Waals surface area contributed by atoms with Crippen LogP contribution in [-0.2, 0) is 14.1 Å². The van der Waals surface area contributed by atoms with Crippen molar-refractivity contribution in [3.8, 4) is 0 Å². The van der Waals surface area contributed by atoms with E-state index >= 15 is 0 Å². The lowest BCUT2D eigenvalue weighted by Crippen LogP contribution is -2.41. The van der Waals surface area contributed by atoms with Crippen LogP contribution in [0.1, 0.15) is 31.9 Å². The molecule has 1 aliphatic heterocycles. The molecular formula is C18H26ClN6O7P. The van der Waals surface area contributed by atoms with Crippen molar-refractivity contribution in [3.05, 3.63) is 11.6 Å². The molecule has 0 bridgehead atoms. The van der Waals surface area contributed by atoms with Crippen molar-refractivity contribution in [1.82, 2.24) is 24.4 Å². The predicted molar refractivity (Wildman–Crippen MR) is 117 cm³/mol. The number of imidazole rings is 1. The molecule has 4 atom stereocenters. The third-order valence-corrected chi connectivity index (χ3v) is 6.77. The number of anilines is 1. The maximum Gasteiger partial charge on any atom is 0.334 e. The zero-order valence-corrected chi connectivity index (χ0v) is 19.4. The number of aliphatic hydroxyl groups is 2. The van der Waals surface area contributed by atoms with Crippen molar-refractivity contribution in [2.24, 2.45) is 0 Å². The summed E-state index contributed by atoms with van der Waals surface area (Å²) in [4.78, 5) is 43.9. The first-order chi connectivity index (χ1) is 15.5. The summed E-state index contributed by atoms with van der Waals surface area (Å²) in [6.07, 6.45) is -0.123. The van der Waals surface area contributed by atoms with Crippen molar-refractivity contribution in [2.45, 2.75) is 56.3 Å². The van der Waals surface area contributed by atoms with Crippen molar-refractivity contribution in [2.75, 3.05) is 25.1 Å². The number of hydrogen-bond donors (Lipinski definition) is 5. The molecular weight excluding hydrogens is 479 g/mol. The molecule has 33 heavy (non-hydrogen) atoms. The van der Waals surface area contributed by atoms with E-state index in [9.17, 15) is 19.6 Å². The van der Waals surface area contributed by atoms with Crippen LogP contribution in [0, 0.1) is 0 Å². The van der Waals surface area contributed by atoms with Crippen molar-refractivity contribution in [1.29, 1.82) is 0 Å². The molecule has 0 aromatic carbocycles. The van der Waals surface area contributed by atoms with Gasteiger partial charge in [0, 0.05) is 19.6 Å². The van der Waals surface area contributed by atoms with Gasteiger partial charge in [-0.15, -0.1) is 0 Å². The van der Waals surface area contributed by atoms with E-state index in [4.69, 9.17) is 26.1 Å². The Morgan fingerprint density at radius 2 is 2.00 bits per heavy atom. The molecule has 0 spiro atoms. The fourth-order valence-electron chi connectivity index (χ4n) is 4.22. The molecule has 5 N–H and O–H groups in total. The lowest BCUT2D eigenvalue weighted by Gasteiger charge is -2.23. The molecule has 1 aliphatic carbocycles. The van der Waals surface area contributed by atoms with Crippen LogP contribution in [0.25, 0.3) is 11.2 Å². The molecule has 4 rings (SSSR count). The standard InChI is InChI=1S/C18H26ClN6O7P/c1-24(11(26)7-33(29,30)31)6-10-13(27)14(28)17(32-10)25-8-20-12-15(21-9-4-2-3-5-9)22-18(19)23-16(12)25/h8-10,13-14,17,27-28H,2-7H2,1H3,(H,21,22,23)(H2,29,30,31)/t10-,13-,14-,17-/m1/s1. The van der Waals surface area contributed by atoms with Crippen LogP contribution in [0.5, 0.6) is 0 Å². The summed E-state index contributed by atoms with van der Waals surface area (Å²) in [7, 11) is -3.21. The number of aromatic nitrogens is 4. The molecule has 15 heteroatoms. The number of likely N-dealkylation sites (N-methyl/N-ethyl adjacent to an activating group) is 1. The quantitative estimate of drug-likeness (QED) is 0.254. The SMILES string of the molecule is CN(C[C@H]1O[C@@H](n2cnc3c(NC4CCCC4)nc(Cl)nc32)[C@H](O)[C@@H]1O)C(=O)CP(=O)(O)O. The molecule has 2 fully saturated rings. The van der Waals surface area contributed by atoms with Crippen LogP contribution in [0.3, 0.4) is 0 Å². The number of fused-ring (bicyclic) bond motifs is 1. The zero-order chi connectivity index (χ0) is 23.9. The highest BCUT2D eigenvalue weighted by Gasteiger charge is 2.45. The Bertz CT molecular complexity index is 1070. The molecule has 0 radical (unpaired) electrons. The Morgan fingerprint density at radius 3 is 2.67 bits per heavy atom. The molecule has 1 saturated carbocycles. The second-order valence-corrected chi connectivity index (χ2v) is 10.4. The minimum absolute atomic E-state index is 0.0166. The Kier molecular flexibility index (Phi) is 6.92. The zero-order valence-electron chi connectivity index (χ0n) is 17.8. The van der Waals surface area contributed by atoms with Gasteiger partial charge in [0.05, 0.1) is 6.33 Å². The number of nitrogens with one attached hydrogen (secondary N) is 1. The second-order valence-electron chi connectivity index (χ2n) is 8.43. The molecule has 182 valence electrons. The van der Waals surface area contributed by atoms with Crippen LogP contribution in [0.4, 0.5) is 5.82 Å². The highest BCUT2D eigenvalue weighted by atomic mass is 35.5. The lowest BCUT2D eigenvalue weighted by molar-refractivity contribution is -0.130. The Morgan fingerprint density at radius 1 is 1.30 bits per heavy atom. The van der Waals surface area contributed by atoms with E-state index in [-0.39, 0.29) is 17.9 Å². The molecule has 2 aromatic heterocycles. The summed E-state index contributed by atoms with van der Waals surface area (Å²) in [5, 5.41) is 24.4. The first kappa shape index (κ1) is 24.3. The summed E-state index contributed by atoms with van der Waals surface area (Å²) in [6.45, 7) is -0.190. The van der Waals surface area contributed by atoms with Gasteiger partial charge < -0.3 is 35.0 Å². The highest BCUT2D eigenvalue weighted by Crippen LogP contribution is 2.36. The molecule has 2 aliphatic rings. The number of halogens is 1. The topological polar surface area (TPSA) is 183 Å². The molecule has 1 amide bonds. The van der Waals surface area contributed by atoms with Crippen molar-refractivity contribution in [3.63, 3.8) is 0 Å². The number of hydrogen-bond acceptors (Lipinski definition) is 9. The molecule has 13 nitrogen and oxygen atoms in total. The van der Waals surface area contributed by atoms with Crippen molar-refractivity contribution >= 4 is 42.1 Å². The smallest absolute Gasteiger partial charge is 0.334 e. The number of ether oxygens (including phenoxy) is 1. The Hall–Kier alpha value is -1.86. The van der Waals surface area contributed by atoms with Gasteiger partial charge in [-0.2, -0.15) is 9.97 Å². The van der Waals surface area contributed by atoms with Gasteiger partial charge in [-0.3, -0.25) is 13.9 Å². The van der Waals surface area contributed by atoms with Gasteiger partial charge in [-0.05, 0) is 24.4 Å². The summed E-state index contributed by atoms with van der Waals surface area (Å²) in [5.41, 5.74) is 0.743. The predicted octanol–water partition coefficient (Wildman–Crippen LogP) is 0.0895. The first-order valence-electron chi connectivity index (χ1n) is 10.5. The number of carbonyl (C=O) groups is 1. The summed E-state index contributed by atoms with van der Waals surface area (Å²) in [6, 6.07) is 0.255. The first-order valence-corrected chi connectivity index (χ1v) is 12.7. The molecule has 2 aromatic rings. The fraction of sp³-hybridized carbons (Fsp3) is 0.667. The van der Waals surface area contributed by atoms with Crippen LogP contribution >= 0.6 is 19.2 Å². The van der Waals surface area contributed by atoms with Crippen LogP contribution in [0.2, 0.25) is 5.28 Å². The third-order valence-electron chi connectivity index (χ3n) is 5.92. The van der Waals surface area contributed by atoms with Crippen LogP contribution in [-0.4, -0.2) is 94.4 Å². The number of amides is 1. The van der Waals surface area contributed by atoms with E-state index in [1.807, 2.05) is 0 Å². The second kappa shape index (κ2) is 9.41. The fourth-order valence-corrected chi connectivity index (χ4v) is 4.98. The van der Waals surface area contributed by atoms with Crippen LogP contribution < -0.4 is 5.32 Å². The van der Waals surface area contributed by atoms with Crippen molar-refractivity contribution < 1.29 is 34.1 Å². The average molecular weight is 505 g/mol. The largest absolute Gasteiger partial charge is 0.387 e. The lowest BCUT2D eigenvalue weighted by atomic mass is 10.1. The van der Waals surface area contributed by atoms with E-state index in [1.54, 1.807) is 0 Å². The van der Waals surface area contributed by atoms with E-state index < -0.39 is 44.2 Å². The minimum Gasteiger partial charge on any atom is -0.387 e. The maximum atomic E-state index is 12.0. The summed E-state index contributed by atoms with van der Waals surface area (Å²) < 4.78 is 18.3. The van der Waals surface area contributed by atoms with Gasteiger partial charge in [-0.1, -0.05) is 12.8 Å². The minimum atomic E-state index is -4.54. The Labute approximate surface area is 193 Å². The molecule has 1 saturated heterocycles. The number of aliphatic hydroxyl groups excluding tert-OH is 2. The number of nitrogens with zero attached hydrogens (tertiary/aromatic N) is 5. The van der Waals surface area contributed by atoms with E-state index in [0.29, 0.717) is 17.0 Å². The van der Waals surface area contributed by atoms with E-state index in [1.165, 1.54) is 17.9 Å². The summed E-state index contributed by atoms with van der Waals surface area (Å²) in [5.74, 6) is -0.338. The highest BCUT2D eigenvalue weighted by molar-refractivity contribution is 7.52. The molecule has 3 heterocycles. The van der Waals surface area contributed by atoms with Crippen LogP contribution in [0.15, 0.2) is 6.33 Å². The van der Waals surface area contributed by atoms with E-state index in [0.717, 1.165) is 30.6 Å². The summed E-state index contributed by atoms with van der Waals surface area (Å²) >= 11 is 6.13. The van der Waals surface area contributed by atoms with Gasteiger partial charge in [0.2, 0.25) is 11.2 Å². The van der Waals surface area contributed by atoms with Gasteiger partial charge >= 0.3 is 7.60 Å². The van der Waals surface area contributed by atoms with Gasteiger partial charge in [0.15, 0.2) is 23.2 Å². The van der Waals surface area contributed by atoms with Gasteiger partial charge in [-0.25, -0.2) is 4.98 Å². The maximum absolute atomic E-state index is 12.0. The van der Waals surface area contributed by atoms with E-state index in [2.05, 4.69) is 20.3 Å². The number of rotatable bonds is 7. The van der Waals surface area contributed by atoms with Gasteiger partial charge in [0.25, 0.3) is 0 Å². The monoisotopic (exact) mass is 504 g/mol. The molecule has 0 unspecified atom stereocenters.